The SMILES string of the molecule is CCOC(=O)/N=C1\SC(c2ccc(NC(=O)[C@@H]3CCCN3C(=O)OCc3ccccc3)cc2)C(=O)N1Cc1cccnc1. The third-order valence-electron chi connectivity index (χ3n) is 6.94. The number of hydrogen-bond acceptors (Lipinski definition) is 8. The molecule has 1 unspecified atom stereocenters. The Labute approximate surface area is 253 Å². The Hall–Kier alpha value is -4.71. The molecule has 12 heteroatoms. The van der Waals surface area contributed by atoms with Crippen LogP contribution < -0.4 is 5.32 Å². The van der Waals surface area contributed by atoms with Crippen LogP contribution in [0.15, 0.2) is 84.1 Å². The van der Waals surface area contributed by atoms with Gasteiger partial charge in [-0.25, -0.2) is 9.59 Å². The minimum Gasteiger partial charge on any atom is -0.448 e. The number of rotatable bonds is 8. The fourth-order valence-electron chi connectivity index (χ4n) is 4.83. The maximum Gasteiger partial charge on any atom is 0.436 e. The van der Waals surface area contributed by atoms with Crippen molar-refractivity contribution in [2.45, 2.75) is 44.2 Å². The van der Waals surface area contributed by atoms with Crippen LogP contribution in [0.1, 0.15) is 41.7 Å². The summed E-state index contributed by atoms with van der Waals surface area (Å²) in [5.74, 6) is -0.538. The summed E-state index contributed by atoms with van der Waals surface area (Å²) in [4.78, 5) is 62.5. The number of nitrogens with zero attached hydrogens (tertiary/aromatic N) is 4. The van der Waals surface area contributed by atoms with E-state index in [-0.39, 0.29) is 36.7 Å². The van der Waals surface area contributed by atoms with Gasteiger partial charge in [-0.3, -0.25) is 24.4 Å². The molecular formula is C31H31N5O6S. The van der Waals surface area contributed by atoms with Gasteiger partial charge < -0.3 is 14.8 Å². The molecule has 43 heavy (non-hydrogen) atoms. The van der Waals surface area contributed by atoms with Gasteiger partial charge in [0.15, 0.2) is 5.17 Å². The fourth-order valence-corrected chi connectivity index (χ4v) is 5.97. The number of aliphatic imine (C=N–C) groups is 1. The van der Waals surface area contributed by atoms with Gasteiger partial charge in [0.2, 0.25) is 11.8 Å². The Morgan fingerprint density at radius 3 is 2.51 bits per heavy atom. The molecule has 1 aromatic heterocycles. The van der Waals surface area contributed by atoms with Crippen LogP contribution >= 0.6 is 11.8 Å². The Balaban J connectivity index is 1.23. The summed E-state index contributed by atoms with van der Waals surface area (Å²) >= 11 is 1.16. The van der Waals surface area contributed by atoms with Crippen LogP contribution in [0.25, 0.3) is 0 Å². The first-order valence-electron chi connectivity index (χ1n) is 13.9. The summed E-state index contributed by atoms with van der Waals surface area (Å²) in [6, 6.07) is 19.3. The van der Waals surface area contributed by atoms with Crippen LogP contribution in [0.5, 0.6) is 0 Å². The zero-order chi connectivity index (χ0) is 30.2. The molecule has 0 aliphatic carbocycles. The molecule has 0 saturated carbocycles. The summed E-state index contributed by atoms with van der Waals surface area (Å²) < 4.78 is 10.4. The zero-order valence-corrected chi connectivity index (χ0v) is 24.4. The monoisotopic (exact) mass is 601 g/mol. The van der Waals surface area contributed by atoms with Crippen molar-refractivity contribution >= 4 is 46.6 Å². The van der Waals surface area contributed by atoms with Crippen LogP contribution in [0.3, 0.4) is 0 Å². The van der Waals surface area contributed by atoms with Crippen molar-refractivity contribution in [3.05, 3.63) is 95.8 Å². The number of ether oxygens (including phenoxy) is 2. The van der Waals surface area contributed by atoms with Crippen LogP contribution in [0.2, 0.25) is 0 Å². The first kappa shape index (κ1) is 29.8. The number of pyridine rings is 1. The van der Waals surface area contributed by atoms with E-state index in [1.54, 1.807) is 49.6 Å². The van der Waals surface area contributed by atoms with E-state index in [4.69, 9.17) is 9.47 Å². The number of amidine groups is 1. The highest BCUT2D eigenvalue weighted by molar-refractivity contribution is 8.15. The molecule has 4 amide bonds. The van der Waals surface area contributed by atoms with Gasteiger partial charge in [-0.15, -0.1) is 0 Å². The highest BCUT2D eigenvalue weighted by Crippen LogP contribution is 2.40. The predicted octanol–water partition coefficient (Wildman–Crippen LogP) is 5.15. The van der Waals surface area contributed by atoms with Gasteiger partial charge in [0.1, 0.15) is 17.9 Å². The van der Waals surface area contributed by atoms with Crippen molar-refractivity contribution in [2.75, 3.05) is 18.5 Å². The van der Waals surface area contributed by atoms with E-state index < -0.39 is 23.5 Å². The van der Waals surface area contributed by atoms with Gasteiger partial charge in [0.05, 0.1) is 13.2 Å². The Kier molecular flexibility index (Phi) is 9.67. The predicted molar refractivity (Wildman–Crippen MR) is 161 cm³/mol. The molecule has 2 saturated heterocycles. The minimum atomic E-state index is -0.766. The minimum absolute atomic E-state index is 0.135. The molecule has 222 valence electrons. The third kappa shape index (κ3) is 7.39. The summed E-state index contributed by atoms with van der Waals surface area (Å²) in [7, 11) is 0. The van der Waals surface area contributed by atoms with Gasteiger partial charge in [-0.05, 0) is 54.7 Å². The summed E-state index contributed by atoms with van der Waals surface area (Å²) in [5.41, 5.74) is 2.87. The Morgan fingerprint density at radius 2 is 1.79 bits per heavy atom. The number of carbonyl (C=O) groups is 4. The largest absolute Gasteiger partial charge is 0.448 e. The molecule has 2 fully saturated rings. The molecular weight excluding hydrogens is 570 g/mol. The zero-order valence-electron chi connectivity index (χ0n) is 23.5. The van der Waals surface area contributed by atoms with E-state index >= 15 is 0 Å². The summed E-state index contributed by atoms with van der Waals surface area (Å²) in [6.45, 7) is 2.63. The van der Waals surface area contributed by atoms with Crippen molar-refractivity contribution in [1.82, 2.24) is 14.8 Å². The van der Waals surface area contributed by atoms with E-state index in [2.05, 4.69) is 15.3 Å². The number of nitrogens with one attached hydrogen (secondary N) is 1. The quantitative estimate of drug-likeness (QED) is 0.375. The topological polar surface area (TPSA) is 130 Å². The van der Waals surface area contributed by atoms with Crippen molar-refractivity contribution in [3.8, 4) is 0 Å². The molecule has 0 radical (unpaired) electrons. The lowest BCUT2D eigenvalue weighted by atomic mass is 10.1. The lowest BCUT2D eigenvalue weighted by Crippen LogP contribution is -2.43. The highest BCUT2D eigenvalue weighted by atomic mass is 32.2. The summed E-state index contributed by atoms with van der Waals surface area (Å²) in [5, 5.41) is 2.49. The van der Waals surface area contributed by atoms with Gasteiger partial charge in [0, 0.05) is 24.6 Å². The highest BCUT2D eigenvalue weighted by Gasteiger charge is 2.40. The Morgan fingerprint density at radius 1 is 1.02 bits per heavy atom. The lowest BCUT2D eigenvalue weighted by molar-refractivity contribution is -0.126. The fraction of sp³-hybridized carbons (Fsp3) is 0.290. The van der Waals surface area contributed by atoms with E-state index in [9.17, 15) is 19.2 Å². The smallest absolute Gasteiger partial charge is 0.436 e. The first-order valence-corrected chi connectivity index (χ1v) is 14.8. The molecule has 0 spiro atoms. The second-order valence-electron chi connectivity index (χ2n) is 9.88. The number of carbonyl (C=O) groups excluding carboxylic acids is 4. The number of hydrogen-bond donors (Lipinski definition) is 1. The number of anilines is 1. The lowest BCUT2D eigenvalue weighted by Gasteiger charge is -2.23. The number of likely N-dealkylation sites (tertiary alicyclic amines) is 1. The number of aromatic nitrogens is 1. The van der Waals surface area contributed by atoms with E-state index in [1.165, 1.54) is 9.80 Å². The normalized spacial score (nSPS) is 19.0. The van der Waals surface area contributed by atoms with E-state index in [1.807, 2.05) is 36.4 Å². The molecule has 0 bridgehead atoms. The van der Waals surface area contributed by atoms with E-state index in [0.717, 1.165) is 22.9 Å². The number of benzene rings is 2. The van der Waals surface area contributed by atoms with Gasteiger partial charge >= 0.3 is 12.2 Å². The van der Waals surface area contributed by atoms with Crippen LogP contribution in [0.4, 0.5) is 15.3 Å². The molecule has 5 rings (SSSR count). The molecule has 2 aliphatic heterocycles. The van der Waals surface area contributed by atoms with Crippen molar-refractivity contribution in [1.29, 1.82) is 0 Å². The third-order valence-corrected chi connectivity index (χ3v) is 8.17. The molecule has 3 aromatic rings. The average Bonchev–Trinajstić information content (AvgIpc) is 3.63. The van der Waals surface area contributed by atoms with E-state index in [0.29, 0.717) is 30.6 Å². The van der Waals surface area contributed by atoms with Crippen LogP contribution in [-0.4, -0.2) is 63.1 Å². The number of amides is 4. The molecule has 11 nitrogen and oxygen atoms in total. The van der Waals surface area contributed by atoms with Gasteiger partial charge in [-0.1, -0.05) is 60.3 Å². The van der Waals surface area contributed by atoms with Gasteiger partial charge in [-0.2, -0.15) is 4.99 Å². The molecule has 2 atom stereocenters. The number of thioether (sulfide) groups is 1. The van der Waals surface area contributed by atoms with Crippen molar-refractivity contribution in [2.24, 2.45) is 4.99 Å². The summed E-state index contributed by atoms with van der Waals surface area (Å²) in [6.07, 6.45) is 3.24. The second-order valence-corrected chi connectivity index (χ2v) is 11.0. The van der Waals surface area contributed by atoms with Crippen molar-refractivity contribution < 1.29 is 28.7 Å². The van der Waals surface area contributed by atoms with Crippen molar-refractivity contribution in [3.63, 3.8) is 0 Å². The Bertz CT molecular complexity index is 1490. The first-order chi connectivity index (χ1) is 20.9. The molecule has 2 aromatic carbocycles. The second kappa shape index (κ2) is 14.0. The molecule has 1 N–H and O–H groups in total. The maximum atomic E-state index is 13.5. The van der Waals surface area contributed by atoms with Gasteiger partial charge in [0.25, 0.3) is 0 Å². The molecule has 2 aliphatic rings. The van der Waals surface area contributed by atoms with Crippen LogP contribution in [-0.2, 0) is 32.2 Å². The van der Waals surface area contributed by atoms with Crippen LogP contribution in [0, 0.1) is 0 Å². The molecule has 3 heterocycles. The maximum absolute atomic E-state index is 13.5. The average molecular weight is 602 g/mol. The standard InChI is InChI=1S/C31H31N5O6S/c1-2-41-30(39)34-29-36(19-22-10-6-16-32-18-22)28(38)26(43-29)23-12-14-24(15-13-23)33-27(37)25-11-7-17-35(25)31(40)42-20-21-8-4-3-5-9-21/h3-6,8-10,12-16,18,25-26H,2,7,11,17,19-20H2,1H3,(H,33,37)/b34-29-/t25-,26?/m0/s1.